The predicted octanol–water partition coefficient (Wildman–Crippen LogP) is 1.23. The van der Waals surface area contributed by atoms with Crippen molar-refractivity contribution in [2.24, 2.45) is 17.6 Å². The number of hydrogen-bond acceptors (Lipinski definition) is 2. The van der Waals surface area contributed by atoms with Crippen molar-refractivity contribution in [2.75, 3.05) is 13.6 Å². The van der Waals surface area contributed by atoms with Crippen LogP contribution in [0.4, 0.5) is 0 Å². The SMILES string of the molecule is CCC(N)CC(=O)N(C)CC1CC1C. The van der Waals surface area contributed by atoms with Crippen LogP contribution in [-0.4, -0.2) is 30.4 Å². The Balaban J connectivity index is 2.22. The molecule has 14 heavy (non-hydrogen) atoms. The summed E-state index contributed by atoms with van der Waals surface area (Å²) in [7, 11) is 1.88. The maximum atomic E-state index is 11.6. The Bertz CT molecular complexity index is 205. The minimum atomic E-state index is 0.0292. The van der Waals surface area contributed by atoms with E-state index in [0.717, 1.165) is 24.8 Å². The van der Waals surface area contributed by atoms with Crippen LogP contribution in [0.2, 0.25) is 0 Å². The second-order valence-corrected chi connectivity index (χ2v) is 4.62. The highest BCUT2D eigenvalue weighted by atomic mass is 16.2. The summed E-state index contributed by atoms with van der Waals surface area (Å²) in [5.74, 6) is 1.74. The van der Waals surface area contributed by atoms with E-state index in [-0.39, 0.29) is 11.9 Å². The minimum absolute atomic E-state index is 0.0292. The third-order valence-corrected chi connectivity index (χ3v) is 3.17. The summed E-state index contributed by atoms with van der Waals surface area (Å²) in [6, 6.07) is 0.0292. The maximum Gasteiger partial charge on any atom is 0.223 e. The van der Waals surface area contributed by atoms with Crippen LogP contribution < -0.4 is 5.73 Å². The monoisotopic (exact) mass is 198 g/mol. The lowest BCUT2D eigenvalue weighted by atomic mass is 10.1. The van der Waals surface area contributed by atoms with Gasteiger partial charge in [-0.25, -0.2) is 0 Å². The van der Waals surface area contributed by atoms with E-state index in [1.54, 1.807) is 0 Å². The zero-order valence-corrected chi connectivity index (χ0v) is 9.49. The van der Waals surface area contributed by atoms with Gasteiger partial charge in [-0.2, -0.15) is 0 Å². The molecular weight excluding hydrogens is 176 g/mol. The number of hydrogen-bond donors (Lipinski definition) is 1. The van der Waals surface area contributed by atoms with Crippen LogP contribution in [0.3, 0.4) is 0 Å². The van der Waals surface area contributed by atoms with Crippen LogP contribution in [0.1, 0.15) is 33.1 Å². The Kier molecular flexibility index (Phi) is 3.93. The molecule has 1 saturated carbocycles. The molecule has 0 aromatic heterocycles. The van der Waals surface area contributed by atoms with Crippen LogP contribution in [0, 0.1) is 11.8 Å². The van der Waals surface area contributed by atoms with Gasteiger partial charge in [0.2, 0.25) is 5.91 Å². The fraction of sp³-hybridized carbons (Fsp3) is 0.909. The average molecular weight is 198 g/mol. The molecule has 1 aliphatic carbocycles. The normalized spacial score (nSPS) is 27.1. The molecule has 1 rings (SSSR count). The number of amides is 1. The van der Waals surface area contributed by atoms with Crippen LogP contribution in [-0.2, 0) is 4.79 Å². The summed E-state index contributed by atoms with van der Waals surface area (Å²) in [6.45, 7) is 5.16. The van der Waals surface area contributed by atoms with Gasteiger partial charge < -0.3 is 10.6 Å². The Morgan fingerprint density at radius 2 is 2.21 bits per heavy atom. The van der Waals surface area contributed by atoms with Crippen molar-refractivity contribution in [3.63, 3.8) is 0 Å². The maximum absolute atomic E-state index is 11.6. The zero-order valence-electron chi connectivity index (χ0n) is 9.49. The highest BCUT2D eigenvalue weighted by Gasteiger charge is 2.34. The van der Waals surface area contributed by atoms with Crippen LogP contribution in [0.15, 0.2) is 0 Å². The fourth-order valence-electron chi connectivity index (χ4n) is 1.63. The van der Waals surface area contributed by atoms with Crippen molar-refractivity contribution in [1.82, 2.24) is 4.90 Å². The molecule has 3 unspecified atom stereocenters. The highest BCUT2D eigenvalue weighted by molar-refractivity contribution is 5.76. The molecular formula is C11H22N2O. The van der Waals surface area contributed by atoms with Gasteiger partial charge in [0.1, 0.15) is 0 Å². The summed E-state index contributed by atoms with van der Waals surface area (Å²) >= 11 is 0. The summed E-state index contributed by atoms with van der Waals surface area (Å²) in [5.41, 5.74) is 5.74. The first-order valence-electron chi connectivity index (χ1n) is 5.54. The first kappa shape index (κ1) is 11.5. The van der Waals surface area contributed by atoms with E-state index in [9.17, 15) is 4.79 Å². The molecule has 1 aliphatic rings. The summed E-state index contributed by atoms with van der Waals surface area (Å²) in [6.07, 6.45) is 2.64. The van der Waals surface area contributed by atoms with Gasteiger partial charge in [-0.3, -0.25) is 4.79 Å². The van der Waals surface area contributed by atoms with E-state index < -0.39 is 0 Å². The van der Waals surface area contributed by atoms with Gasteiger partial charge in [-0.05, 0) is 24.7 Å². The molecule has 3 atom stereocenters. The van der Waals surface area contributed by atoms with Crippen LogP contribution >= 0.6 is 0 Å². The van der Waals surface area contributed by atoms with Crippen molar-refractivity contribution in [3.05, 3.63) is 0 Å². The van der Waals surface area contributed by atoms with Crippen molar-refractivity contribution in [2.45, 2.75) is 39.2 Å². The molecule has 0 bridgehead atoms. The standard InChI is InChI=1S/C11H22N2O/c1-4-10(12)6-11(14)13(3)7-9-5-8(9)2/h8-10H,4-7,12H2,1-3H3. The zero-order chi connectivity index (χ0) is 10.7. The summed E-state index contributed by atoms with van der Waals surface area (Å²) in [5, 5.41) is 0. The quantitative estimate of drug-likeness (QED) is 0.722. The van der Waals surface area contributed by atoms with Crippen molar-refractivity contribution >= 4 is 5.91 Å². The third kappa shape index (κ3) is 3.29. The second kappa shape index (κ2) is 4.78. The van der Waals surface area contributed by atoms with E-state index >= 15 is 0 Å². The molecule has 1 amide bonds. The van der Waals surface area contributed by atoms with Crippen LogP contribution in [0.5, 0.6) is 0 Å². The van der Waals surface area contributed by atoms with Gasteiger partial charge >= 0.3 is 0 Å². The minimum Gasteiger partial charge on any atom is -0.345 e. The Morgan fingerprint density at radius 3 is 2.64 bits per heavy atom. The average Bonchev–Trinajstić information content (AvgIpc) is 2.81. The van der Waals surface area contributed by atoms with Gasteiger partial charge in [0.25, 0.3) is 0 Å². The molecule has 3 nitrogen and oxygen atoms in total. The lowest BCUT2D eigenvalue weighted by Gasteiger charge is -2.18. The fourth-order valence-corrected chi connectivity index (χ4v) is 1.63. The van der Waals surface area contributed by atoms with Gasteiger partial charge in [-0.1, -0.05) is 13.8 Å². The topological polar surface area (TPSA) is 46.3 Å². The molecule has 0 aromatic carbocycles. The molecule has 1 fully saturated rings. The van der Waals surface area contributed by atoms with Gasteiger partial charge in [0, 0.05) is 26.1 Å². The first-order valence-corrected chi connectivity index (χ1v) is 5.54. The molecule has 0 spiro atoms. The third-order valence-electron chi connectivity index (χ3n) is 3.17. The molecule has 2 N–H and O–H groups in total. The number of nitrogens with zero attached hydrogens (tertiary/aromatic N) is 1. The second-order valence-electron chi connectivity index (χ2n) is 4.62. The number of carbonyl (C=O) groups is 1. The highest BCUT2D eigenvalue weighted by Crippen LogP contribution is 2.37. The molecule has 82 valence electrons. The van der Waals surface area contributed by atoms with Gasteiger partial charge in [0.15, 0.2) is 0 Å². The van der Waals surface area contributed by atoms with Crippen molar-refractivity contribution in [3.8, 4) is 0 Å². The largest absolute Gasteiger partial charge is 0.345 e. The predicted molar refractivity (Wildman–Crippen MR) is 57.8 cm³/mol. The van der Waals surface area contributed by atoms with Gasteiger partial charge in [-0.15, -0.1) is 0 Å². The van der Waals surface area contributed by atoms with Crippen molar-refractivity contribution < 1.29 is 4.79 Å². The lowest BCUT2D eigenvalue weighted by Crippen LogP contribution is -2.34. The van der Waals surface area contributed by atoms with E-state index in [1.165, 1.54) is 6.42 Å². The molecule has 0 aromatic rings. The first-order chi connectivity index (χ1) is 6.54. The number of nitrogens with two attached hydrogens (primary N) is 1. The number of carbonyl (C=O) groups excluding carboxylic acids is 1. The Labute approximate surface area is 86.6 Å². The summed E-state index contributed by atoms with van der Waals surface area (Å²) < 4.78 is 0. The summed E-state index contributed by atoms with van der Waals surface area (Å²) in [4.78, 5) is 13.5. The van der Waals surface area contributed by atoms with Crippen molar-refractivity contribution in [1.29, 1.82) is 0 Å². The molecule has 0 saturated heterocycles. The van der Waals surface area contributed by atoms with Gasteiger partial charge in [0.05, 0.1) is 0 Å². The van der Waals surface area contributed by atoms with E-state index in [1.807, 2.05) is 18.9 Å². The number of rotatable bonds is 5. The molecule has 0 radical (unpaired) electrons. The molecule has 0 heterocycles. The van der Waals surface area contributed by atoms with E-state index in [4.69, 9.17) is 5.73 Å². The van der Waals surface area contributed by atoms with Crippen LogP contribution in [0.25, 0.3) is 0 Å². The molecule has 0 aliphatic heterocycles. The lowest BCUT2D eigenvalue weighted by molar-refractivity contribution is -0.130. The van der Waals surface area contributed by atoms with E-state index in [0.29, 0.717) is 6.42 Å². The Morgan fingerprint density at radius 1 is 1.64 bits per heavy atom. The van der Waals surface area contributed by atoms with E-state index in [2.05, 4.69) is 6.92 Å². The smallest absolute Gasteiger partial charge is 0.223 e. The molecule has 3 heteroatoms. The Hall–Kier alpha value is -0.570.